The molecule has 0 heterocycles. The summed E-state index contributed by atoms with van der Waals surface area (Å²) in [5.74, 6) is -1.69. The van der Waals surface area contributed by atoms with Crippen LogP contribution in [0.4, 0.5) is 4.39 Å². The van der Waals surface area contributed by atoms with Crippen molar-refractivity contribution in [3.8, 4) is 0 Å². The summed E-state index contributed by atoms with van der Waals surface area (Å²) in [5.41, 5.74) is 4.97. The van der Waals surface area contributed by atoms with Gasteiger partial charge in [-0.15, -0.1) is 0 Å². The van der Waals surface area contributed by atoms with Crippen molar-refractivity contribution in [2.45, 2.75) is 12.1 Å². The minimum atomic E-state index is -1.22. The van der Waals surface area contributed by atoms with Gasteiger partial charge in [-0.05, 0) is 46.0 Å². The molecule has 42 heavy (non-hydrogen) atoms. The fourth-order valence-electron chi connectivity index (χ4n) is 4.70. The molecule has 0 aliphatic carbocycles. The van der Waals surface area contributed by atoms with Gasteiger partial charge < -0.3 is 5.32 Å². The maximum atomic E-state index is 13.8. The first-order valence-electron chi connectivity index (χ1n) is 13.5. The van der Waals surface area contributed by atoms with Gasteiger partial charge in [0.1, 0.15) is 11.4 Å². The second kappa shape index (κ2) is 13.4. The SMILES string of the molecule is O=C(NCc1ccc(F)cc1)/C(=C/c1ccccc1)C(=O)NOC(c1ccccc1)(c1ccccc1)c1ccccc1. The predicted octanol–water partition coefficient (Wildman–Crippen LogP) is 6.57. The van der Waals surface area contributed by atoms with Crippen molar-refractivity contribution in [2.24, 2.45) is 0 Å². The van der Waals surface area contributed by atoms with Gasteiger partial charge in [0.15, 0.2) is 5.60 Å². The lowest BCUT2D eigenvalue weighted by Gasteiger charge is -2.35. The Morgan fingerprint density at radius 3 is 1.55 bits per heavy atom. The third-order valence-electron chi connectivity index (χ3n) is 6.80. The van der Waals surface area contributed by atoms with Gasteiger partial charge in [0, 0.05) is 6.54 Å². The third kappa shape index (κ3) is 6.52. The number of rotatable bonds is 10. The number of carbonyl (C=O) groups excluding carboxylic acids is 2. The highest BCUT2D eigenvalue weighted by molar-refractivity contribution is 6.21. The average Bonchev–Trinajstić information content (AvgIpc) is 3.05. The van der Waals surface area contributed by atoms with Crippen LogP contribution in [0.2, 0.25) is 0 Å². The van der Waals surface area contributed by atoms with Gasteiger partial charge in [-0.25, -0.2) is 9.87 Å². The molecular formula is C36H29FN2O3. The Labute approximate surface area is 244 Å². The molecule has 0 unspecified atom stereocenters. The summed E-state index contributed by atoms with van der Waals surface area (Å²) >= 11 is 0. The van der Waals surface area contributed by atoms with E-state index in [1.165, 1.54) is 18.2 Å². The smallest absolute Gasteiger partial charge is 0.280 e. The van der Waals surface area contributed by atoms with E-state index in [1.54, 1.807) is 24.3 Å². The van der Waals surface area contributed by atoms with Crippen LogP contribution in [0.3, 0.4) is 0 Å². The minimum absolute atomic E-state index is 0.112. The molecule has 0 radical (unpaired) electrons. The van der Waals surface area contributed by atoms with E-state index in [0.717, 1.165) is 16.7 Å². The minimum Gasteiger partial charge on any atom is -0.348 e. The number of hydroxylamine groups is 1. The van der Waals surface area contributed by atoms with Crippen LogP contribution < -0.4 is 10.8 Å². The van der Waals surface area contributed by atoms with Gasteiger partial charge in [-0.3, -0.25) is 14.4 Å². The first kappa shape index (κ1) is 28.2. The molecule has 0 aliphatic heterocycles. The molecule has 0 atom stereocenters. The quantitative estimate of drug-likeness (QED) is 0.0673. The summed E-state index contributed by atoms with van der Waals surface area (Å²) in [6.07, 6.45) is 1.51. The number of hydrogen-bond donors (Lipinski definition) is 2. The first-order chi connectivity index (χ1) is 20.6. The van der Waals surface area contributed by atoms with E-state index in [-0.39, 0.29) is 17.9 Å². The standard InChI is InChI=1S/C36H29FN2O3/c37-32-23-21-28(22-24-32)26-38-34(40)33(25-27-13-5-1-6-14-27)35(41)39-42-36(29-15-7-2-8-16-29,30-17-9-3-10-18-30)31-19-11-4-12-20-31/h1-25H,26H2,(H,38,40)(H,39,41)/b33-25-. The number of hydrogen-bond acceptors (Lipinski definition) is 3. The van der Waals surface area contributed by atoms with E-state index < -0.39 is 17.4 Å². The van der Waals surface area contributed by atoms with Crippen LogP contribution in [0.1, 0.15) is 27.8 Å². The van der Waals surface area contributed by atoms with Crippen molar-refractivity contribution in [1.82, 2.24) is 10.8 Å². The Morgan fingerprint density at radius 1 is 0.619 bits per heavy atom. The van der Waals surface area contributed by atoms with Crippen LogP contribution in [0.15, 0.2) is 151 Å². The molecule has 208 valence electrons. The predicted molar refractivity (Wildman–Crippen MR) is 161 cm³/mol. The van der Waals surface area contributed by atoms with Crippen LogP contribution in [-0.2, 0) is 26.6 Å². The molecule has 0 bridgehead atoms. The molecule has 2 N–H and O–H groups in total. The zero-order chi connectivity index (χ0) is 29.2. The molecule has 0 spiro atoms. The van der Waals surface area contributed by atoms with E-state index in [4.69, 9.17) is 4.84 Å². The average molecular weight is 557 g/mol. The molecule has 5 aromatic carbocycles. The molecule has 5 rings (SSSR count). The van der Waals surface area contributed by atoms with Crippen molar-refractivity contribution >= 4 is 17.9 Å². The monoisotopic (exact) mass is 556 g/mol. The summed E-state index contributed by atoms with van der Waals surface area (Å²) in [6, 6.07) is 43.6. The highest BCUT2D eigenvalue weighted by Crippen LogP contribution is 2.39. The van der Waals surface area contributed by atoms with Crippen molar-refractivity contribution in [2.75, 3.05) is 0 Å². The van der Waals surface area contributed by atoms with Crippen LogP contribution in [0, 0.1) is 5.82 Å². The fraction of sp³-hybridized carbons (Fsp3) is 0.0556. The van der Waals surface area contributed by atoms with Crippen molar-refractivity contribution in [3.63, 3.8) is 0 Å². The normalized spacial score (nSPS) is 11.5. The topological polar surface area (TPSA) is 67.4 Å². The zero-order valence-electron chi connectivity index (χ0n) is 22.7. The highest BCUT2D eigenvalue weighted by atomic mass is 19.1. The van der Waals surface area contributed by atoms with Crippen LogP contribution >= 0.6 is 0 Å². The molecule has 0 saturated carbocycles. The lowest BCUT2D eigenvalue weighted by Crippen LogP contribution is -2.42. The largest absolute Gasteiger partial charge is 0.348 e. The van der Waals surface area contributed by atoms with E-state index in [9.17, 15) is 14.0 Å². The molecule has 0 aromatic heterocycles. The molecule has 0 saturated heterocycles. The van der Waals surface area contributed by atoms with Gasteiger partial charge in [0.25, 0.3) is 11.8 Å². The molecule has 5 aromatic rings. The van der Waals surface area contributed by atoms with Crippen LogP contribution in [-0.4, -0.2) is 11.8 Å². The van der Waals surface area contributed by atoms with E-state index >= 15 is 0 Å². The third-order valence-corrected chi connectivity index (χ3v) is 6.80. The second-order valence-corrected chi connectivity index (χ2v) is 9.59. The van der Waals surface area contributed by atoms with Crippen LogP contribution in [0.25, 0.3) is 6.08 Å². The van der Waals surface area contributed by atoms with E-state index in [0.29, 0.717) is 11.1 Å². The molecule has 6 heteroatoms. The fourth-order valence-corrected chi connectivity index (χ4v) is 4.70. The number of halogens is 1. The van der Waals surface area contributed by atoms with Crippen molar-refractivity contribution < 1.29 is 18.8 Å². The molecular weight excluding hydrogens is 527 g/mol. The van der Waals surface area contributed by atoms with Gasteiger partial charge in [0.2, 0.25) is 0 Å². The molecule has 0 aliphatic rings. The number of benzene rings is 5. The maximum Gasteiger partial charge on any atom is 0.280 e. The molecule has 5 nitrogen and oxygen atoms in total. The summed E-state index contributed by atoms with van der Waals surface area (Å²) in [6.45, 7) is 0.112. The maximum absolute atomic E-state index is 13.8. The first-order valence-corrected chi connectivity index (χ1v) is 13.5. The van der Waals surface area contributed by atoms with Crippen molar-refractivity contribution in [1.29, 1.82) is 0 Å². The lowest BCUT2D eigenvalue weighted by molar-refractivity contribution is -0.141. The molecule has 0 fully saturated rings. The summed E-state index contributed by atoms with van der Waals surface area (Å²) < 4.78 is 13.3. The second-order valence-electron chi connectivity index (χ2n) is 9.59. The van der Waals surface area contributed by atoms with Gasteiger partial charge in [-0.2, -0.15) is 0 Å². The van der Waals surface area contributed by atoms with Crippen molar-refractivity contribution in [3.05, 3.63) is 185 Å². The van der Waals surface area contributed by atoms with Gasteiger partial charge in [-0.1, -0.05) is 133 Å². The Bertz CT molecular complexity index is 1540. The van der Waals surface area contributed by atoms with E-state index in [2.05, 4.69) is 10.8 Å². The summed E-state index contributed by atoms with van der Waals surface area (Å²) in [4.78, 5) is 33.6. The number of nitrogens with one attached hydrogen (secondary N) is 2. The Morgan fingerprint density at radius 2 is 1.07 bits per heavy atom. The van der Waals surface area contributed by atoms with Crippen LogP contribution in [0.5, 0.6) is 0 Å². The number of amides is 2. The van der Waals surface area contributed by atoms with E-state index in [1.807, 2.05) is 109 Å². The Hall–Kier alpha value is -5.33. The number of carbonyl (C=O) groups is 2. The zero-order valence-corrected chi connectivity index (χ0v) is 22.7. The Balaban J connectivity index is 1.49. The lowest BCUT2D eigenvalue weighted by atomic mass is 9.80. The van der Waals surface area contributed by atoms with Gasteiger partial charge in [0.05, 0.1) is 0 Å². The summed E-state index contributed by atoms with van der Waals surface area (Å²) in [5, 5.41) is 2.77. The van der Waals surface area contributed by atoms with Gasteiger partial charge >= 0.3 is 0 Å². The highest BCUT2D eigenvalue weighted by Gasteiger charge is 2.39. The molecule has 2 amide bonds. The Kier molecular flexibility index (Phi) is 8.97. The summed E-state index contributed by atoms with van der Waals surface area (Å²) in [7, 11) is 0.